The minimum absolute atomic E-state index is 0.0139. The number of carbonyl (C=O) groups is 2. The number of aliphatic hydroxyl groups excluding tert-OH is 1. The van der Waals surface area contributed by atoms with E-state index in [4.69, 9.17) is 5.26 Å². The molecule has 0 aromatic rings. The Kier molecular flexibility index (Phi) is 4.63. The number of hydrogen-bond acceptors (Lipinski definition) is 8. The van der Waals surface area contributed by atoms with Crippen molar-refractivity contribution < 1.29 is 24.9 Å². The number of urea groups is 1. The fraction of sp³-hybridized carbons (Fsp3) is 0.562. The number of rotatable bonds is 3. The van der Waals surface area contributed by atoms with E-state index in [2.05, 4.69) is 16.0 Å². The Hall–Kier alpha value is -2.97. The molecule has 3 rings (SSSR count). The van der Waals surface area contributed by atoms with Gasteiger partial charge in [0.15, 0.2) is 0 Å². The zero-order valence-electron chi connectivity index (χ0n) is 14.9. The van der Waals surface area contributed by atoms with E-state index >= 15 is 0 Å². The molecule has 0 aliphatic carbocycles. The van der Waals surface area contributed by atoms with Crippen LogP contribution in [0.3, 0.4) is 0 Å². The lowest BCUT2D eigenvalue weighted by atomic mass is 9.91. The SMILES string of the molecule is CC1CCN(C(=O)C(O)(O)C#N)CC1N(C)C1=C2C(O)=CNC2NC(=O)N1. The minimum Gasteiger partial charge on any atom is -0.506 e. The smallest absolute Gasteiger partial charge is 0.336 e. The van der Waals surface area contributed by atoms with Gasteiger partial charge in [-0.05, 0) is 12.3 Å². The van der Waals surface area contributed by atoms with Gasteiger partial charge < -0.3 is 35.8 Å². The first-order valence-electron chi connectivity index (χ1n) is 8.51. The quantitative estimate of drug-likeness (QED) is 0.248. The molecular formula is C16H22N6O5. The minimum atomic E-state index is -3.07. The zero-order valence-corrected chi connectivity index (χ0v) is 14.9. The maximum absolute atomic E-state index is 12.2. The summed E-state index contributed by atoms with van der Waals surface area (Å²) < 4.78 is 0. The first-order chi connectivity index (χ1) is 12.7. The summed E-state index contributed by atoms with van der Waals surface area (Å²) in [5, 5.41) is 46.2. The van der Waals surface area contributed by atoms with Crippen molar-refractivity contribution in [3.8, 4) is 6.07 Å². The van der Waals surface area contributed by atoms with Crippen molar-refractivity contribution in [1.82, 2.24) is 25.8 Å². The Bertz CT molecular complexity index is 770. The Morgan fingerprint density at radius 3 is 2.85 bits per heavy atom. The molecule has 3 amide bonds. The van der Waals surface area contributed by atoms with Gasteiger partial charge in [0.2, 0.25) is 0 Å². The third-order valence-electron chi connectivity index (χ3n) is 5.22. The maximum atomic E-state index is 12.2. The summed E-state index contributed by atoms with van der Waals surface area (Å²) in [6, 6.07) is 0.459. The van der Waals surface area contributed by atoms with E-state index in [9.17, 15) is 24.9 Å². The van der Waals surface area contributed by atoms with E-state index in [1.165, 1.54) is 17.2 Å². The molecule has 0 bridgehead atoms. The van der Waals surface area contributed by atoms with Crippen LogP contribution in [-0.2, 0) is 4.79 Å². The van der Waals surface area contributed by atoms with E-state index in [1.807, 2.05) is 6.92 Å². The molecule has 1 saturated heterocycles. The summed E-state index contributed by atoms with van der Waals surface area (Å²) >= 11 is 0. The van der Waals surface area contributed by atoms with Crippen LogP contribution in [0.4, 0.5) is 4.79 Å². The van der Waals surface area contributed by atoms with Crippen LogP contribution in [0.15, 0.2) is 23.4 Å². The second-order valence-corrected chi connectivity index (χ2v) is 6.97. The van der Waals surface area contributed by atoms with Gasteiger partial charge in [0.25, 0.3) is 5.91 Å². The largest absolute Gasteiger partial charge is 0.506 e. The van der Waals surface area contributed by atoms with Crippen LogP contribution in [0.5, 0.6) is 0 Å². The van der Waals surface area contributed by atoms with Crippen LogP contribution in [-0.4, -0.2) is 75.2 Å². The third-order valence-corrected chi connectivity index (χ3v) is 5.22. The monoisotopic (exact) mass is 378 g/mol. The number of carbonyl (C=O) groups excluding carboxylic acids is 2. The average Bonchev–Trinajstić information content (AvgIpc) is 3.01. The number of nitrogens with one attached hydrogen (secondary N) is 3. The molecular weight excluding hydrogens is 356 g/mol. The van der Waals surface area contributed by atoms with Crippen molar-refractivity contribution in [3.05, 3.63) is 23.4 Å². The summed E-state index contributed by atoms with van der Waals surface area (Å²) in [7, 11) is 1.72. The molecule has 3 atom stereocenters. The Balaban J connectivity index is 1.87. The van der Waals surface area contributed by atoms with E-state index in [-0.39, 0.29) is 30.8 Å². The van der Waals surface area contributed by atoms with Crippen LogP contribution >= 0.6 is 0 Å². The zero-order chi connectivity index (χ0) is 19.9. The summed E-state index contributed by atoms with van der Waals surface area (Å²) in [5.74, 6) is -3.67. The van der Waals surface area contributed by atoms with Crippen LogP contribution < -0.4 is 16.0 Å². The Labute approximate surface area is 155 Å². The number of piperidine rings is 1. The number of hydrogen-bond donors (Lipinski definition) is 6. The summed E-state index contributed by atoms with van der Waals surface area (Å²) in [6.07, 6.45) is 1.40. The molecule has 3 heterocycles. The van der Waals surface area contributed by atoms with Crippen molar-refractivity contribution in [2.45, 2.75) is 31.3 Å². The molecule has 0 aromatic carbocycles. The number of nitriles is 1. The second-order valence-electron chi connectivity index (χ2n) is 6.97. The van der Waals surface area contributed by atoms with Gasteiger partial charge in [-0.2, -0.15) is 5.26 Å². The molecule has 27 heavy (non-hydrogen) atoms. The second kappa shape index (κ2) is 6.64. The van der Waals surface area contributed by atoms with E-state index in [1.54, 1.807) is 11.9 Å². The number of likely N-dealkylation sites (tertiary alicyclic amines) is 1. The lowest BCUT2D eigenvalue weighted by Crippen LogP contribution is -2.60. The average molecular weight is 378 g/mol. The van der Waals surface area contributed by atoms with Gasteiger partial charge in [0.1, 0.15) is 23.8 Å². The number of likely N-dealkylation sites (N-methyl/N-ethyl adjacent to an activating group) is 1. The number of fused-ring (bicyclic) bond motifs is 1. The Morgan fingerprint density at radius 1 is 1.48 bits per heavy atom. The van der Waals surface area contributed by atoms with Crippen LogP contribution in [0, 0.1) is 17.2 Å². The van der Waals surface area contributed by atoms with Gasteiger partial charge >= 0.3 is 11.8 Å². The predicted molar refractivity (Wildman–Crippen MR) is 91.0 cm³/mol. The highest BCUT2D eigenvalue weighted by Gasteiger charge is 2.43. The van der Waals surface area contributed by atoms with Gasteiger partial charge in [-0.3, -0.25) is 10.1 Å². The van der Waals surface area contributed by atoms with Gasteiger partial charge in [-0.1, -0.05) is 6.92 Å². The molecule has 6 N–H and O–H groups in total. The van der Waals surface area contributed by atoms with E-state index < -0.39 is 23.9 Å². The van der Waals surface area contributed by atoms with Crippen LogP contribution in [0.25, 0.3) is 0 Å². The number of nitrogens with zero attached hydrogens (tertiary/aromatic N) is 3. The highest BCUT2D eigenvalue weighted by Crippen LogP contribution is 2.29. The van der Waals surface area contributed by atoms with Crippen LogP contribution in [0.1, 0.15) is 13.3 Å². The lowest BCUT2D eigenvalue weighted by Gasteiger charge is -2.45. The standard InChI is InChI=1S/C16H22N6O5/c1-8-3-4-22(14(24)16(26,27)7-17)6-9(8)21(2)13-11-10(23)5-18-12(11)19-15(25)20-13/h5,8-9,12,18,23,26-27H,3-4,6H2,1-2H3,(H2,19,20,25). The molecule has 3 aliphatic heterocycles. The summed E-state index contributed by atoms with van der Waals surface area (Å²) in [4.78, 5) is 27.1. The lowest BCUT2D eigenvalue weighted by molar-refractivity contribution is -0.179. The molecule has 1 fully saturated rings. The fourth-order valence-corrected chi connectivity index (χ4v) is 3.63. The molecule has 0 aromatic heterocycles. The number of aliphatic hydroxyl groups is 3. The Morgan fingerprint density at radius 2 is 2.19 bits per heavy atom. The fourth-order valence-electron chi connectivity index (χ4n) is 3.63. The normalized spacial score (nSPS) is 27.7. The molecule has 0 saturated carbocycles. The highest BCUT2D eigenvalue weighted by molar-refractivity contribution is 5.86. The topological polar surface area (TPSA) is 161 Å². The highest BCUT2D eigenvalue weighted by atomic mass is 16.5. The van der Waals surface area contributed by atoms with Crippen molar-refractivity contribution in [2.24, 2.45) is 5.92 Å². The van der Waals surface area contributed by atoms with E-state index in [0.29, 0.717) is 17.8 Å². The summed E-state index contributed by atoms with van der Waals surface area (Å²) in [6.45, 7) is 2.39. The number of amides is 3. The molecule has 3 unspecified atom stereocenters. The molecule has 146 valence electrons. The molecule has 3 aliphatic rings. The predicted octanol–water partition coefficient (Wildman–Crippen LogP) is -1.79. The van der Waals surface area contributed by atoms with Crippen molar-refractivity contribution in [2.75, 3.05) is 20.1 Å². The maximum Gasteiger partial charge on any atom is 0.336 e. The molecule has 0 spiro atoms. The van der Waals surface area contributed by atoms with E-state index in [0.717, 1.165) is 0 Å². The van der Waals surface area contributed by atoms with Crippen molar-refractivity contribution >= 4 is 11.9 Å². The van der Waals surface area contributed by atoms with Crippen molar-refractivity contribution in [1.29, 1.82) is 5.26 Å². The van der Waals surface area contributed by atoms with Gasteiger partial charge in [0, 0.05) is 26.3 Å². The first kappa shape index (κ1) is 18.8. The van der Waals surface area contributed by atoms with Crippen LogP contribution in [0.2, 0.25) is 0 Å². The van der Waals surface area contributed by atoms with Gasteiger partial charge in [0.05, 0.1) is 11.6 Å². The first-order valence-corrected chi connectivity index (χ1v) is 8.51. The van der Waals surface area contributed by atoms with Crippen molar-refractivity contribution in [3.63, 3.8) is 0 Å². The third kappa shape index (κ3) is 3.24. The summed E-state index contributed by atoms with van der Waals surface area (Å²) in [5.41, 5.74) is 0.475. The molecule has 11 heteroatoms. The molecule has 0 radical (unpaired) electrons. The molecule has 11 nitrogen and oxygen atoms in total. The van der Waals surface area contributed by atoms with Gasteiger partial charge in [-0.15, -0.1) is 0 Å². The van der Waals surface area contributed by atoms with Gasteiger partial charge in [-0.25, -0.2) is 4.79 Å².